The first-order valence-corrected chi connectivity index (χ1v) is 12.5. The molecular formula is C25H26N2O5S. The lowest BCUT2D eigenvalue weighted by atomic mass is 9.98. The van der Waals surface area contributed by atoms with Crippen molar-refractivity contribution in [1.82, 2.24) is 4.90 Å². The quantitative estimate of drug-likeness (QED) is 0.345. The number of ketones is 1. The molecule has 8 heteroatoms. The molecule has 0 spiro atoms. The standard InChI is InChI=1S/C25H26N2O5S/c1-27(21(24(29)30)12-13-22(28)23(14-26)33(2)3)25(31)32-15-20-18-10-6-4-8-16(18)17-9-5-7-11-19(17)20/h4-11,20-21H,12-13,15H2,1-3H3,(H,29,30)/t21-/m0/s1. The second-order valence-electron chi connectivity index (χ2n) is 7.99. The maximum atomic E-state index is 12.7. The van der Waals surface area contributed by atoms with Gasteiger partial charge in [0.05, 0.1) is 0 Å². The van der Waals surface area contributed by atoms with Crippen LogP contribution in [0.1, 0.15) is 29.9 Å². The number of carbonyl (C=O) groups excluding carboxylic acids is 2. The molecule has 0 aromatic heterocycles. The largest absolute Gasteiger partial charge is 0.759 e. The maximum absolute atomic E-state index is 12.7. The summed E-state index contributed by atoms with van der Waals surface area (Å²) in [6.07, 6.45) is 2.51. The molecule has 1 N–H and O–H groups in total. The van der Waals surface area contributed by atoms with Crippen molar-refractivity contribution in [3.8, 4) is 11.1 Å². The zero-order chi connectivity index (χ0) is 24.1. The minimum Gasteiger partial charge on any atom is -0.759 e. The molecule has 0 saturated carbocycles. The van der Waals surface area contributed by atoms with Crippen LogP contribution >= 0.6 is 0 Å². The third-order valence-corrected chi connectivity index (χ3v) is 6.92. The van der Waals surface area contributed by atoms with Crippen molar-refractivity contribution in [1.29, 1.82) is 0 Å². The van der Waals surface area contributed by atoms with Crippen molar-refractivity contribution in [3.63, 3.8) is 0 Å². The Morgan fingerprint density at radius 3 is 2.12 bits per heavy atom. The van der Waals surface area contributed by atoms with Gasteiger partial charge in [-0.05, 0) is 28.7 Å². The number of fused-ring (bicyclic) bond motifs is 3. The number of carbonyl (C=O) groups is 3. The third-order valence-electron chi connectivity index (χ3n) is 5.78. The van der Waals surface area contributed by atoms with Crippen LogP contribution in [0.25, 0.3) is 16.5 Å². The number of Topliss-reactive ketones (excluding diaryl/α,β-unsaturated/α-hetero) is 1. The number of nitrogens with zero attached hydrogens (tertiary/aromatic N) is 2. The number of ether oxygens (including phenoxy) is 1. The predicted molar refractivity (Wildman–Crippen MR) is 130 cm³/mol. The van der Waals surface area contributed by atoms with Crippen LogP contribution in [0.3, 0.4) is 0 Å². The molecule has 0 radical (unpaired) electrons. The molecule has 1 atom stereocenters. The zero-order valence-electron chi connectivity index (χ0n) is 18.8. The summed E-state index contributed by atoms with van der Waals surface area (Å²) in [5.41, 5.74) is 4.31. The number of benzene rings is 2. The average Bonchev–Trinajstić information content (AvgIpc) is 3.11. The van der Waals surface area contributed by atoms with Crippen molar-refractivity contribution in [2.24, 2.45) is 0 Å². The van der Waals surface area contributed by atoms with Crippen LogP contribution in [0.15, 0.2) is 53.4 Å². The van der Waals surface area contributed by atoms with Crippen molar-refractivity contribution in [2.45, 2.75) is 24.8 Å². The highest BCUT2D eigenvalue weighted by Crippen LogP contribution is 2.44. The number of carboxylic acids is 1. The summed E-state index contributed by atoms with van der Waals surface area (Å²) >= 11 is 0. The number of amides is 1. The smallest absolute Gasteiger partial charge is 0.410 e. The van der Waals surface area contributed by atoms with Gasteiger partial charge in [0.25, 0.3) is 0 Å². The Bertz CT molecular complexity index is 1080. The van der Waals surface area contributed by atoms with E-state index < -0.39 is 34.8 Å². The first kappa shape index (κ1) is 24.3. The van der Waals surface area contributed by atoms with E-state index in [4.69, 9.17) is 10.1 Å². The summed E-state index contributed by atoms with van der Waals surface area (Å²) in [6, 6.07) is 14.6. The molecule has 0 heterocycles. The fourth-order valence-corrected chi connectivity index (χ4v) is 4.81. The van der Waals surface area contributed by atoms with Crippen LogP contribution in [0, 0.1) is 0 Å². The molecule has 1 amide bonds. The van der Waals surface area contributed by atoms with Crippen LogP contribution < -0.4 is 0 Å². The van der Waals surface area contributed by atoms with Gasteiger partial charge >= 0.3 is 12.1 Å². The molecule has 2 aromatic carbocycles. The molecule has 172 valence electrons. The van der Waals surface area contributed by atoms with E-state index in [1.54, 1.807) is 12.5 Å². The fourth-order valence-electron chi connectivity index (χ4n) is 4.07. The number of rotatable bonds is 9. The van der Waals surface area contributed by atoms with E-state index >= 15 is 0 Å². The van der Waals surface area contributed by atoms with Gasteiger partial charge in [-0.25, -0.2) is 15.5 Å². The normalized spacial score (nSPS) is 13.0. The summed E-state index contributed by atoms with van der Waals surface area (Å²) in [7, 11) is 0.833. The molecule has 0 aliphatic heterocycles. The van der Waals surface area contributed by atoms with E-state index in [9.17, 15) is 19.5 Å². The predicted octanol–water partition coefficient (Wildman–Crippen LogP) is 3.67. The Morgan fingerprint density at radius 1 is 1.09 bits per heavy atom. The highest BCUT2D eigenvalue weighted by molar-refractivity contribution is 8.00. The highest BCUT2D eigenvalue weighted by atomic mass is 32.2. The number of allylic oxidation sites excluding steroid dienone is 1. The molecule has 33 heavy (non-hydrogen) atoms. The topological polar surface area (TPSA) is 106 Å². The van der Waals surface area contributed by atoms with Gasteiger partial charge in [-0.3, -0.25) is 9.69 Å². The summed E-state index contributed by atoms with van der Waals surface area (Å²) in [5, 5.41) is 18.8. The summed E-state index contributed by atoms with van der Waals surface area (Å²) in [6.45, 7) is 0.0727. The molecule has 0 saturated heterocycles. The van der Waals surface area contributed by atoms with E-state index in [-0.39, 0.29) is 30.3 Å². The lowest BCUT2D eigenvalue weighted by Gasteiger charge is -2.25. The van der Waals surface area contributed by atoms with Crippen molar-refractivity contribution < 1.29 is 24.2 Å². The number of hydrogen-bond donors (Lipinski definition) is 1. The Hall–Kier alpha value is -3.35. The Morgan fingerprint density at radius 2 is 1.64 bits per heavy atom. The molecular weight excluding hydrogens is 440 g/mol. The van der Waals surface area contributed by atoms with Gasteiger partial charge in [0.1, 0.15) is 25.2 Å². The van der Waals surface area contributed by atoms with E-state index in [0.717, 1.165) is 27.2 Å². The van der Waals surface area contributed by atoms with E-state index in [1.165, 1.54) is 7.05 Å². The van der Waals surface area contributed by atoms with Crippen molar-refractivity contribution in [3.05, 3.63) is 70.0 Å². The van der Waals surface area contributed by atoms with Gasteiger partial charge in [0.15, 0.2) is 0 Å². The monoisotopic (exact) mass is 466 g/mol. The van der Waals surface area contributed by atoms with Crippen LogP contribution in [-0.2, 0) is 25.2 Å². The molecule has 0 bridgehead atoms. The van der Waals surface area contributed by atoms with Crippen LogP contribution in [0.5, 0.6) is 0 Å². The van der Waals surface area contributed by atoms with Gasteiger partial charge in [-0.1, -0.05) is 48.5 Å². The Labute approximate surface area is 195 Å². The summed E-state index contributed by atoms with van der Waals surface area (Å²) in [4.78, 5) is 37.9. The zero-order valence-corrected chi connectivity index (χ0v) is 19.6. The average molecular weight is 467 g/mol. The van der Waals surface area contributed by atoms with Crippen LogP contribution in [0.4, 0.5) is 4.79 Å². The molecule has 0 unspecified atom stereocenters. The summed E-state index contributed by atoms with van der Waals surface area (Å²) in [5.74, 6) is 0.139. The van der Waals surface area contributed by atoms with Gasteiger partial charge in [0.2, 0.25) is 10.7 Å². The molecule has 2 aromatic rings. The third kappa shape index (κ3) is 5.18. The van der Waals surface area contributed by atoms with Gasteiger partial charge in [-0.2, -0.15) is 0 Å². The van der Waals surface area contributed by atoms with Gasteiger partial charge in [-0.15, -0.1) is 0 Å². The van der Waals surface area contributed by atoms with Crippen LogP contribution in [-0.4, -0.2) is 65.9 Å². The fraction of sp³-hybridized carbons (Fsp3) is 0.320. The Balaban J connectivity index is 1.67. The molecule has 0 fully saturated rings. The second-order valence-corrected chi connectivity index (χ2v) is 10.0. The summed E-state index contributed by atoms with van der Waals surface area (Å²) < 4.78 is 5.53. The maximum Gasteiger partial charge on any atom is 0.410 e. The number of hydrogen-bond acceptors (Lipinski definition) is 4. The molecule has 1 aliphatic carbocycles. The highest BCUT2D eigenvalue weighted by Gasteiger charge is 2.32. The van der Waals surface area contributed by atoms with Gasteiger partial charge < -0.3 is 15.3 Å². The number of aliphatic carboxylic acids is 1. The van der Waals surface area contributed by atoms with Crippen molar-refractivity contribution in [2.75, 3.05) is 26.2 Å². The van der Waals surface area contributed by atoms with E-state index in [2.05, 4.69) is 0 Å². The minimum atomic E-state index is -1.24. The number of carboxylic acid groups (broad SMARTS) is 1. The number of likely N-dealkylation sites (N-methyl/N-ethyl adjacent to an activating group) is 1. The molecule has 1 aliphatic rings. The first-order chi connectivity index (χ1) is 15.8. The van der Waals surface area contributed by atoms with E-state index in [0.29, 0.717) is 0 Å². The minimum absolute atomic E-state index is 0.0727. The molecule has 3 rings (SSSR count). The first-order valence-electron chi connectivity index (χ1n) is 10.4. The SMILES string of the molecule is CN(C(=O)OCC1c2ccccc2-c2ccccc21)[C@@H](CCC(=O)C(=C=[N-])[S+](C)C)C(=O)O. The lowest BCUT2D eigenvalue weighted by Crippen LogP contribution is -2.43. The second kappa shape index (κ2) is 10.5. The van der Waals surface area contributed by atoms with Crippen LogP contribution in [0.2, 0.25) is 0 Å². The van der Waals surface area contributed by atoms with Crippen molar-refractivity contribution >= 4 is 34.6 Å². The Kier molecular flexibility index (Phi) is 7.74. The van der Waals surface area contributed by atoms with Gasteiger partial charge in [0, 0.05) is 30.3 Å². The van der Waals surface area contributed by atoms with E-state index in [1.807, 2.05) is 54.4 Å². The molecule has 7 nitrogen and oxygen atoms in total. The lowest BCUT2D eigenvalue weighted by molar-refractivity contribution is -0.142.